The van der Waals surface area contributed by atoms with Crippen LogP contribution in [0.4, 0.5) is 0 Å². The summed E-state index contributed by atoms with van der Waals surface area (Å²) < 4.78 is 8.80. The summed E-state index contributed by atoms with van der Waals surface area (Å²) in [6.07, 6.45) is 0. The topological polar surface area (TPSA) is 37.9 Å². The van der Waals surface area contributed by atoms with E-state index in [0.29, 0.717) is 11.5 Å². The number of para-hydroxylation sites is 1. The number of rotatable bonds is 6. The second-order valence-corrected chi connectivity index (χ2v) is 13.7. The second kappa shape index (κ2) is 12.8. The number of amidine groups is 1. The molecule has 242 valence electrons. The van der Waals surface area contributed by atoms with Gasteiger partial charge < -0.3 is 4.42 Å². The van der Waals surface area contributed by atoms with Gasteiger partial charge in [0.2, 0.25) is 0 Å². The molecule has 4 heteroatoms. The molecule has 51 heavy (non-hydrogen) atoms. The molecule has 0 bridgehead atoms. The maximum absolute atomic E-state index is 6.19. The van der Waals surface area contributed by atoms with E-state index in [0.717, 1.165) is 55.5 Å². The van der Waals surface area contributed by atoms with Gasteiger partial charge in [0, 0.05) is 42.2 Å². The average Bonchev–Trinajstić information content (AvgIpc) is 3.76. The molecule has 0 amide bonds. The molecule has 0 N–H and O–H groups in total. The molecule has 0 aliphatic rings. The largest absolute Gasteiger partial charge is 0.456 e. The highest BCUT2D eigenvalue weighted by Gasteiger charge is 2.13. The Morgan fingerprint density at radius 1 is 0.510 bits per heavy atom. The van der Waals surface area contributed by atoms with Crippen molar-refractivity contribution in [2.75, 3.05) is 0 Å². The number of hydrogen-bond donors (Lipinski definition) is 0. The van der Waals surface area contributed by atoms with Crippen LogP contribution in [0.25, 0.3) is 70.1 Å². The predicted molar refractivity (Wildman–Crippen MR) is 218 cm³/mol. The van der Waals surface area contributed by atoms with Crippen LogP contribution in [0.2, 0.25) is 0 Å². The summed E-state index contributed by atoms with van der Waals surface area (Å²) in [5.41, 5.74) is 10.7. The molecule has 9 aromatic rings. The molecule has 0 unspecified atom stereocenters. The summed E-state index contributed by atoms with van der Waals surface area (Å²) in [5, 5.41) is 4.79. The minimum atomic E-state index is 0.598. The van der Waals surface area contributed by atoms with Crippen molar-refractivity contribution in [3.05, 3.63) is 187 Å². The first kappa shape index (κ1) is 30.7. The minimum absolute atomic E-state index is 0.598. The molecule has 0 saturated carbocycles. The molecule has 0 radical (unpaired) electrons. The summed E-state index contributed by atoms with van der Waals surface area (Å²) in [6.45, 7) is 6.43. The predicted octanol–water partition coefficient (Wildman–Crippen LogP) is 13.2. The Hall–Kier alpha value is -6.36. The minimum Gasteiger partial charge on any atom is -0.456 e. The summed E-state index contributed by atoms with van der Waals surface area (Å²) in [7, 11) is 0. The molecular weight excluding hydrogens is 641 g/mol. The summed E-state index contributed by atoms with van der Waals surface area (Å²) >= 11 is 1.84. The van der Waals surface area contributed by atoms with Gasteiger partial charge in [-0.2, -0.15) is 0 Å². The number of aliphatic imine (C=N–C) groups is 2. The maximum Gasteiger partial charge on any atom is 0.160 e. The number of furan rings is 1. The van der Waals surface area contributed by atoms with Crippen LogP contribution in [0.15, 0.2) is 185 Å². The van der Waals surface area contributed by atoms with Crippen molar-refractivity contribution < 1.29 is 4.42 Å². The maximum atomic E-state index is 6.19. The number of benzene rings is 7. The van der Waals surface area contributed by atoms with Crippen molar-refractivity contribution in [1.82, 2.24) is 0 Å². The quantitative estimate of drug-likeness (QED) is 0.128. The van der Waals surface area contributed by atoms with E-state index in [2.05, 4.69) is 146 Å². The van der Waals surface area contributed by atoms with Crippen LogP contribution in [0, 0.1) is 0 Å². The summed E-state index contributed by atoms with van der Waals surface area (Å²) in [6, 6.07) is 56.9. The molecular formula is C47H32N2OS. The smallest absolute Gasteiger partial charge is 0.160 e. The zero-order valence-corrected chi connectivity index (χ0v) is 28.8. The monoisotopic (exact) mass is 672 g/mol. The third kappa shape index (κ3) is 5.76. The van der Waals surface area contributed by atoms with Crippen molar-refractivity contribution in [1.29, 1.82) is 0 Å². The lowest BCUT2D eigenvalue weighted by atomic mass is 10.0. The molecule has 2 aromatic heterocycles. The Balaban J connectivity index is 1.08. The zero-order chi connectivity index (χ0) is 34.3. The van der Waals surface area contributed by atoms with Crippen LogP contribution in [0.5, 0.6) is 0 Å². The van der Waals surface area contributed by atoms with E-state index in [1.165, 1.54) is 31.3 Å². The highest BCUT2D eigenvalue weighted by Crippen LogP contribution is 2.40. The lowest BCUT2D eigenvalue weighted by Gasteiger charge is -2.09. The van der Waals surface area contributed by atoms with Gasteiger partial charge in [0.05, 0.1) is 5.70 Å². The van der Waals surface area contributed by atoms with Crippen LogP contribution in [0.1, 0.15) is 23.6 Å². The van der Waals surface area contributed by atoms with Gasteiger partial charge in [-0.15, -0.1) is 11.3 Å². The highest BCUT2D eigenvalue weighted by atomic mass is 32.1. The van der Waals surface area contributed by atoms with E-state index in [1.54, 1.807) is 0 Å². The summed E-state index contributed by atoms with van der Waals surface area (Å²) in [4.78, 5) is 10.2. The van der Waals surface area contributed by atoms with E-state index >= 15 is 0 Å². The molecule has 0 spiro atoms. The highest BCUT2D eigenvalue weighted by molar-refractivity contribution is 7.26. The van der Waals surface area contributed by atoms with Gasteiger partial charge in [-0.3, -0.25) is 0 Å². The Kier molecular flexibility index (Phi) is 7.72. The molecule has 0 fully saturated rings. The lowest BCUT2D eigenvalue weighted by molar-refractivity contribution is 0.669. The lowest BCUT2D eigenvalue weighted by Crippen LogP contribution is -2.04. The number of hydrogen-bond acceptors (Lipinski definition) is 3. The molecule has 0 aliphatic carbocycles. The molecule has 2 heterocycles. The first-order valence-corrected chi connectivity index (χ1v) is 17.8. The van der Waals surface area contributed by atoms with Crippen LogP contribution in [-0.2, 0) is 0 Å². The van der Waals surface area contributed by atoms with Gasteiger partial charge in [0.15, 0.2) is 5.84 Å². The Morgan fingerprint density at radius 2 is 1.14 bits per heavy atom. The Morgan fingerprint density at radius 3 is 1.96 bits per heavy atom. The molecule has 3 nitrogen and oxygen atoms in total. The first-order chi connectivity index (χ1) is 25.1. The van der Waals surface area contributed by atoms with Crippen molar-refractivity contribution in [2.24, 2.45) is 9.98 Å². The van der Waals surface area contributed by atoms with Gasteiger partial charge in [-0.1, -0.05) is 146 Å². The van der Waals surface area contributed by atoms with Crippen molar-refractivity contribution in [3.8, 4) is 22.3 Å². The second-order valence-electron chi connectivity index (χ2n) is 12.7. The van der Waals surface area contributed by atoms with Gasteiger partial charge in [0.25, 0.3) is 0 Å². The van der Waals surface area contributed by atoms with E-state index in [9.17, 15) is 0 Å². The van der Waals surface area contributed by atoms with Gasteiger partial charge in [-0.25, -0.2) is 9.98 Å². The summed E-state index contributed by atoms with van der Waals surface area (Å²) in [5.74, 6) is 0.598. The van der Waals surface area contributed by atoms with Crippen LogP contribution >= 0.6 is 11.3 Å². The van der Waals surface area contributed by atoms with Crippen molar-refractivity contribution >= 4 is 70.7 Å². The standard InChI is InChI=1S/C47H32N2OS/c1-30(32-19-23-35(24-20-32)38-15-10-16-42-41-14-7-9-18-45(41)51-46(38)42)48-47(36-25-21-34(22-26-36)33-11-4-3-5-12-33)49-31(2)37-27-28-40-39-13-6-8-17-43(39)50-44(40)29-37/h3-29H,1H2,2H3/b48-47-,49-31+. The number of thiophene rings is 1. The van der Waals surface area contributed by atoms with E-state index in [4.69, 9.17) is 14.4 Å². The van der Waals surface area contributed by atoms with E-state index in [-0.39, 0.29) is 0 Å². The normalized spacial score (nSPS) is 12.3. The average molecular weight is 673 g/mol. The Bertz CT molecular complexity index is 2800. The molecule has 7 aromatic carbocycles. The molecule has 0 saturated heterocycles. The third-order valence-electron chi connectivity index (χ3n) is 9.49. The van der Waals surface area contributed by atoms with Gasteiger partial charge >= 0.3 is 0 Å². The molecule has 0 atom stereocenters. The third-order valence-corrected chi connectivity index (χ3v) is 10.7. The van der Waals surface area contributed by atoms with Crippen molar-refractivity contribution in [3.63, 3.8) is 0 Å². The fraction of sp³-hybridized carbons (Fsp3) is 0.0213. The van der Waals surface area contributed by atoms with Crippen LogP contribution in [0.3, 0.4) is 0 Å². The SMILES string of the molecule is C=C(/N=C(\N=C(/C)c1ccc2c(c1)oc1ccccc12)c1ccc(-c2ccccc2)cc1)c1ccc(-c2cccc3c2sc2ccccc23)cc1. The number of fused-ring (bicyclic) bond motifs is 6. The number of nitrogens with zero attached hydrogens (tertiary/aromatic N) is 2. The molecule has 9 rings (SSSR count). The first-order valence-electron chi connectivity index (χ1n) is 17.0. The van der Waals surface area contributed by atoms with Gasteiger partial charge in [-0.05, 0) is 64.6 Å². The fourth-order valence-electron chi connectivity index (χ4n) is 6.78. The van der Waals surface area contributed by atoms with Gasteiger partial charge in [0.1, 0.15) is 11.2 Å². The molecule has 0 aliphatic heterocycles. The Labute approximate surface area is 300 Å². The van der Waals surface area contributed by atoms with Crippen molar-refractivity contribution in [2.45, 2.75) is 6.92 Å². The van der Waals surface area contributed by atoms with E-state index in [1.807, 2.05) is 42.5 Å². The van der Waals surface area contributed by atoms with E-state index < -0.39 is 0 Å². The fourth-order valence-corrected chi connectivity index (χ4v) is 8.02. The van der Waals surface area contributed by atoms with Crippen LogP contribution in [-0.4, -0.2) is 11.5 Å². The van der Waals surface area contributed by atoms with Crippen LogP contribution < -0.4 is 0 Å². The zero-order valence-electron chi connectivity index (χ0n) is 28.0.